The van der Waals surface area contributed by atoms with Gasteiger partial charge in [0.15, 0.2) is 5.43 Å². The van der Waals surface area contributed by atoms with Gasteiger partial charge in [-0.3, -0.25) is 9.59 Å². The Bertz CT molecular complexity index is 478. The molecular formula is C10H12N2O4. The van der Waals surface area contributed by atoms with Crippen LogP contribution in [-0.2, 0) is 11.3 Å². The van der Waals surface area contributed by atoms with Crippen LogP contribution in [0, 0.1) is 5.92 Å². The van der Waals surface area contributed by atoms with E-state index in [0.29, 0.717) is 0 Å². The van der Waals surface area contributed by atoms with E-state index in [-0.39, 0.29) is 12.1 Å². The molecule has 1 amide bonds. The highest BCUT2D eigenvalue weighted by molar-refractivity contribution is 5.87. The molecule has 6 heteroatoms. The number of hydrogen-bond donors (Lipinski definition) is 2. The van der Waals surface area contributed by atoms with Crippen LogP contribution >= 0.6 is 0 Å². The molecule has 0 fully saturated rings. The van der Waals surface area contributed by atoms with Crippen LogP contribution in [0.25, 0.3) is 0 Å². The van der Waals surface area contributed by atoms with Crippen LogP contribution in [0.15, 0.2) is 23.3 Å². The summed E-state index contributed by atoms with van der Waals surface area (Å²) in [5.74, 6) is -2.19. The molecule has 16 heavy (non-hydrogen) atoms. The number of carbonyl (C=O) groups excluding carboxylic acids is 1. The van der Waals surface area contributed by atoms with Crippen LogP contribution in [-0.4, -0.2) is 21.6 Å². The third kappa shape index (κ3) is 2.69. The fraction of sp³-hybridized carbons (Fsp3) is 0.300. The van der Waals surface area contributed by atoms with E-state index in [4.69, 9.17) is 10.8 Å². The summed E-state index contributed by atoms with van der Waals surface area (Å²) in [6, 6.07) is 1.15. The van der Waals surface area contributed by atoms with Gasteiger partial charge in [-0.25, -0.2) is 4.79 Å². The minimum Gasteiger partial charge on any atom is -0.477 e. The van der Waals surface area contributed by atoms with E-state index in [1.165, 1.54) is 17.0 Å². The number of carboxylic acid groups (broad SMARTS) is 1. The number of hydrogen-bond acceptors (Lipinski definition) is 3. The van der Waals surface area contributed by atoms with Crippen molar-refractivity contribution in [3.8, 4) is 0 Å². The third-order valence-electron chi connectivity index (χ3n) is 2.18. The lowest BCUT2D eigenvalue weighted by Gasteiger charge is -2.10. The molecule has 0 aromatic carbocycles. The number of primary amides is 1. The van der Waals surface area contributed by atoms with Crippen LogP contribution in [0.5, 0.6) is 0 Å². The molecule has 1 aromatic heterocycles. The molecule has 1 heterocycles. The van der Waals surface area contributed by atoms with E-state index in [0.717, 1.165) is 6.07 Å². The summed E-state index contributed by atoms with van der Waals surface area (Å²) in [5.41, 5.74) is 4.20. The molecule has 1 aromatic rings. The van der Waals surface area contributed by atoms with Gasteiger partial charge in [0.25, 0.3) is 0 Å². The maximum absolute atomic E-state index is 11.1. The van der Waals surface area contributed by atoms with Crippen LogP contribution in [0.4, 0.5) is 0 Å². The van der Waals surface area contributed by atoms with Crippen LogP contribution in [0.2, 0.25) is 0 Å². The van der Waals surface area contributed by atoms with Crippen molar-refractivity contribution in [1.82, 2.24) is 4.57 Å². The normalized spacial score (nSPS) is 12.1. The van der Waals surface area contributed by atoms with Gasteiger partial charge >= 0.3 is 5.97 Å². The van der Waals surface area contributed by atoms with Gasteiger partial charge in [0.2, 0.25) is 5.91 Å². The molecular weight excluding hydrogens is 212 g/mol. The highest BCUT2D eigenvalue weighted by Gasteiger charge is 2.12. The van der Waals surface area contributed by atoms with Crippen LogP contribution in [0.3, 0.4) is 0 Å². The average Bonchev–Trinajstić information content (AvgIpc) is 2.20. The van der Waals surface area contributed by atoms with Crippen LogP contribution < -0.4 is 11.2 Å². The Kier molecular flexibility index (Phi) is 3.44. The minimum absolute atomic E-state index is 0.246. The van der Waals surface area contributed by atoms with Gasteiger partial charge in [0, 0.05) is 25.0 Å². The second kappa shape index (κ2) is 4.61. The summed E-state index contributed by atoms with van der Waals surface area (Å²) in [6.07, 6.45) is 2.62. The van der Waals surface area contributed by atoms with Crippen LogP contribution in [0.1, 0.15) is 17.3 Å². The maximum Gasteiger partial charge on any atom is 0.341 e. The van der Waals surface area contributed by atoms with Crippen molar-refractivity contribution in [2.75, 3.05) is 0 Å². The molecule has 1 unspecified atom stereocenters. The lowest BCUT2D eigenvalue weighted by Crippen LogP contribution is -2.26. The number of aromatic nitrogens is 1. The molecule has 6 nitrogen and oxygen atoms in total. The number of nitrogens with zero attached hydrogens (tertiary/aromatic N) is 1. The first-order valence-electron chi connectivity index (χ1n) is 4.64. The highest BCUT2D eigenvalue weighted by atomic mass is 16.4. The largest absolute Gasteiger partial charge is 0.477 e. The molecule has 0 radical (unpaired) electrons. The summed E-state index contributed by atoms with van der Waals surface area (Å²) >= 11 is 0. The zero-order valence-corrected chi connectivity index (χ0v) is 8.71. The van der Waals surface area contributed by atoms with Gasteiger partial charge in [0.1, 0.15) is 5.56 Å². The lowest BCUT2D eigenvalue weighted by atomic mass is 10.1. The van der Waals surface area contributed by atoms with E-state index >= 15 is 0 Å². The Morgan fingerprint density at radius 3 is 2.69 bits per heavy atom. The SMILES string of the molecule is CC(Cn1ccc(=O)c(C(=O)O)c1)C(N)=O. The molecule has 0 bridgehead atoms. The van der Waals surface area contributed by atoms with Crippen molar-refractivity contribution in [2.24, 2.45) is 11.7 Å². The molecule has 0 aliphatic rings. The van der Waals surface area contributed by atoms with E-state index in [2.05, 4.69) is 0 Å². The molecule has 0 saturated heterocycles. The predicted molar refractivity (Wildman–Crippen MR) is 56.0 cm³/mol. The van der Waals surface area contributed by atoms with Gasteiger partial charge < -0.3 is 15.4 Å². The standard InChI is InChI=1S/C10H12N2O4/c1-6(9(11)14)4-12-3-2-8(13)7(5-12)10(15)16/h2-3,5-6H,4H2,1H3,(H2,11,14)(H,15,16). The Labute approximate surface area is 91.3 Å². The summed E-state index contributed by atoms with van der Waals surface area (Å²) in [6.45, 7) is 1.87. The molecule has 1 atom stereocenters. The third-order valence-corrected chi connectivity index (χ3v) is 2.18. The number of nitrogens with two attached hydrogens (primary N) is 1. The number of aromatic carboxylic acids is 1. The van der Waals surface area contributed by atoms with Crippen molar-refractivity contribution in [2.45, 2.75) is 13.5 Å². The molecule has 1 rings (SSSR count). The fourth-order valence-corrected chi connectivity index (χ4v) is 1.21. The van der Waals surface area contributed by atoms with Crippen molar-refractivity contribution < 1.29 is 14.7 Å². The van der Waals surface area contributed by atoms with E-state index in [1.54, 1.807) is 6.92 Å². The van der Waals surface area contributed by atoms with Gasteiger partial charge in [-0.1, -0.05) is 6.92 Å². The first-order chi connectivity index (χ1) is 7.41. The first-order valence-corrected chi connectivity index (χ1v) is 4.64. The number of pyridine rings is 1. The average molecular weight is 224 g/mol. The summed E-state index contributed by atoms with van der Waals surface area (Å²) in [7, 11) is 0. The van der Waals surface area contributed by atoms with Crippen molar-refractivity contribution in [3.05, 3.63) is 34.2 Å². The summed E-state index contributed by atoms with van der Waals surface area (Å²) in [5, 5.41) is 8.73. The smallest absolute Gasteiger partial charge is 0.341 e. The zero-order chi connectivity index (χ0) is 12.3. The molecule has 0 aliphatic carbocycles. The fourth-order valence-electron chi connectivity index (χ4n) is 1.21. The van der Waals surface area contributed by atoms with Gasteiger partial charge in [-0.2, -0.15) is 0 Å². The molecule has 3 N–H and O–H groups in total. The van der Waals surface area contributed by atoms with Gasteiger partial charge in [-0.05, 0) is 0 Å². The van der Waals surface area contributed by atoms with E-state index < -0.39 is 23.2 Å². The van der Waals surface area contributed by atoms with Crippen molar-refractivity contribution in [1.29, 1.82) is 0 Å². The highest BCUT2D eigenvalue weighted by Crippen LogP contribution is 2.00. The Morgan fingerprint density at radius 2 is 2.19 bits per heavy atom. The molecule has 0 aliphatic heterocycles. The number of amides is 1. The quantitative estimate of drug-likeness (QED) is 0.730. The topological polar surface area (TPSA) is 102 Å². The Morgan fingerprint density at radius 1 is 1.56 bits per heavy atom. The number of carboxylic acids is 1. The summed E-state index contributed by atoms with van der Waals surface area (Å²) < 4.78 is 1.46. The number of carbonyl (C=O) groups is 2. The molecule has 0 saturated carbocycles. The van der Waals surface area contributed by atoms with Crippen molar-refractivity contribution >= 4 is 11.9 Å². The second-order valence-electron chi connectivity index (χ2n) is 3.53. The summed E-state index contributed by atoms with van der Waals surface area (Å²) in [4.78, 5) is 32.7. The zero-order valence-electron chi connectivity index (χ0n) is 8.71. The lowest BCUT2D eigenvalue weighted by molar-refractivity contribution is -0.121. The Balaban J connectivity index is 3.00. The minimum atomic E-state index is -1.29. The monoisotopic (exact) mass is 224 g/mol. The first kappa shape index (κ1) is 12.0. The van der Waals surface area contributed by atoms with Crippen molar-refractivity contribution in [3.63, 3.8) is 0 Å². The predicted octanol–water partition coefficient (Wildman–Crippen LogP) is -0.332. The van der Waals surface area contributed by atoms with Gasteiger partial charge in [0.05, 0.1) is 5.92 Å². The van der Waals surface area contributed by atoms with E-state index in [9.17, 15) is 14.4 Å². The maximum atomic E-state index is 11.1. The second-order valence-corrected chi connectivity index (χ2v) is 3.53. The number of rotatable bonds is 4. The van der Waals surface area contributed by atoms with E-state index in [1.807, 2.05) is 0 Å². The van der Waals surface area contributed by atoms with Gasteiger partial charge in [-0.15, -0.1) is 0 Å². The molecule has 86 valence electrons. The Hall–Kier alpha value is -2.11. The molecule has 0 spiro atoms.